The molecule has 2 N–H and O–H groups in total. The van der Waals surface area contributed by atoms with Crippen molar-refractivity contribution < 1.29 is 9.90 Å². The molecule has 1 fully saturated rings. The van der Waals surface area contributed by atoms with Crippen LogP contribution >= 0.6 is 0 Å². The molecule has 0 aromatic heterocycles. The van der Waals surface area contributed by atoms with Gasteiger partial charge < -0.3 is 15.3 Å². The molecule has 0 aromatic carbocycles. The number of carbonyl (C=O) groups is 1. The lowest BCUT2D eigenvalue weighted by molar-refractivity contribution is -0.138. The van der Waals surface area contributed by atoms with Gasteiger partial charge in [-0.05, 0) is 33.1 Å². The number of hydrogen-bond acceptors (Lipinski definition) is 3. The summed E-state index contributed by atoms with van der Waals surface area (Å²) >= 11 is 0. The van der Waals surface area contributed by atoms with Gasteiger partial charge in [-0.1, -0.05) is 6.92 Å². The van der Waals surface area contributed by atoms with Crippen molar-refractivity contribution in [2.75, 3.05) is 19.7 Å². The molecule has 0 aliphatic carbocycles. The minimum atomic E-state index is -0.228. The molecule has 0 radical (unpaired) electrons. The standard InChI is InChI=1S/C12H24N2O2/c1-9-7-13-10(5-6-15)11(16)14(8-9)12(2,3)4/h9-10,13,15H,5-8H2,1-4H3. The van der Waals surface area contributed by atoms with Gasteiger partial charge in [0.1, 0.15) is 0 Å². The number of aliphatic hydroxyl groups is 1. The van der Waals surface area contributed by atoms with E-state index in [2.05, 4.69) is 33.0 Å². The smallest absolute Gasteiger partial charge is 0.240 e. The number of hydrogen-bond donors (Lipinski definition) is 2. The van der Waals surface area contributed by atoms with Crippen LogP contribution in [0.4, 0.5) is 0 Å². The van der Waals surface area contributed by atoms with E-state index in [0.717, 1.165) is 13.1 Å². The molecule has 0 spiro atoms. The molecule has 0 aromatic rings. The van der Waals surface area contributed by atoms with Gasteiger partial charge in [0.15, 0.2) is 0 Å². The highest BCUT2D eigenvalue weighted by Gasteiger charge is 2.34. The largest absolute Gasteiger partial charge is 0.396 e. The third-order valence-corrected chi connectivity index (χ3v) is 3.00. The van der Waals surface area contributed by atoms with E-state index in [1.54, 1.807) is 0 Å². The topological polar surface area (TPSA) is 52.6 Å². The SMILES string of the molecule is CC1CNC(CCO)C(=O)N(C(C)(C)C)C1. The molecule has 1 heterocycles. The number of aliphatic hydroxyl groups excluding tert-OH is 1. The van der Waals surface area contributed by atoms with Crippen molar-refractivity contribution in [3.8, 4) is 0 Å². The van der Waals surface area contributed by atoms with Crippen molar-refractivity contribution in [2.45, 2.75) is 45.7 Å². The molecule has 94 valence electrons. The van der Waals surface area contributed by atoms with Gasteiger partial charge in [-0.15, -0.1) is 0 Å². The molecular formula is C12H24N2O2. The normalized spacial score (nSPS) is 28.1. The Morgan fingerprint density at radius 3 is 2.62 bits per heavy atom. The lowest BCUT2D eigenvalue weighted by Crippen LogP contribution is -2.51. The molecule has 2 atom stereocenters. The first-order valence-corrected chi connectivity index (χ1v) is 6.02. The maximum absolute atomic E-state index is 12.3. The highest BCUT2D eigenvalue weighted by molar-refractivity contribution is 5.82. The third-order valence-electron chi connectivity index (χ3n) is 3.00. The zero-order chi connectivity index (χ0) is 12.3. The number of rotatable bonds is 2. The predicted octanol–water partition coefficient (Wildman–Crippen LogP) is 0.604. The summed E-state index contributed by atoms with van der Waals surface area (Å²) in [5.41, 5.74) is -0.148. The van der Waals surface area contributed by atoms with Crippen molar-refractivity contribution >= 4 is 5.91 Å². The first-order chi connectivity index (χ1) is 7.36. The molecule has 4 heteroatoms. The van der Waals surface area contributed by atoms with Crippen molar-refractivity contribution in [3.05, 3.63) is 0 Å². The quantitative estimate of drug-likeness (QED) is 0.728. The molecule has 0 saturated carbocycles. The van der Waals surface area contributed by atoms with Gasteiger partial charge in [0, 0.05) is 25.2 Å². The molecule has 1 aliphatic rings. The van der Waals surface area contributed by atoms with Gasteiger partial charge in [0.2, 0.25) is 5.91 Å². The minimum absolute atomic E-state index is 0.0514. The molecule has 4 nitrogen and oxygen atoms in total. The number of amides is 1. The fourth-order valence-corrected chi connectivity index (χ4v) is 2.04. The third kappa shape index (κ3) is 3.19. The summed E-state index contributed by atoms with van der Waals surface area (Å²) in [5.74, 6) is 0.567. The highest BCUT2D eigenvalue weighted by atomic mass is 16.3. The van der Waals surface area contributed by atoms with Crippen molar-refractivity contribution in [3.63, 3.8) is 0 Å². The van der Waals surface area contributed by atoms with Crippen LogP contribution in [-0.4, -0.2) is 47.2 Å². The monoisotopic (exact) mass is 228 g/mol. The summed E-state index contributed by atoms with van der Waals surface area (Å²) in [7, 11) is 0. The average molecular weight is 228 g/mol. The number of carbonyl (C=O) groups excluding carboxylic acids is 1. The Balaban J connectivity index is 2.84. The Morgan fingerprint density at radius 1 is 1.50 bits per heavy atom. The minimum Gasteiger partial charge on any atom is -0.396 e. The van der Waals surface area contributed by atoms with Gasteiger partial charge in [-0.3, -0.25) is 4.79 Å². The van der Waals surface area contributed by atoms with Gasteiger partial charge >= 0.3 is 0 Å². The predicted molar refractivity (Wildman–Crippen MR) is 64.1 cm³/mol. The Morgan fingerprint density at radius 2 is 2.12 bits per heavy atom. The zero-order valence-corrected chi connectivity index (χ0v) is 10.8. The average Bonchev–Trinajstić information content (AvgIpc) is 2.30. The Bertz CT molecular complexity index is 248. The van der Waals surface area contributed by atoms with Crippen molar-refractivity contribution in [2.24, 2.45) is 5.92 Å². The van der Waals surface area contributed by atoms with Gasteiger partial charge in [-0.2, -0.15) is 0 Å². The van der Waals surface area contributed by atoms with Gasteiger partial charge in [-0.25, -0.2) is 0 Å². The van der Waals surface area contributed by atoms with E-state index < -0.39 is 0 Å². The summed E-state index contributed by atoms with van der Waals surface area (Å²) < 4.78 is 0. The lowest BCUT2D eigenvalue weighted by atomic mass is 10.0. The van der Waals surface area contributed by atoms with Crippen LogP contribution in [0.2, 0.25) is 0 Å². The molecular weight excluding hydrogens is 204 g/mol. The van der Waals surface area contributed by atoms with E-state index >= 15 is 0 Å². The van der Waals surface area contributed by atoms with E-state index in [0.29, 0.717) is 12.3 Å². The molecule has 16 heavy (non-hydrogen) atoms. The Hall–Kier alpha value is -0.610. The van der Waals surface area contributed by atoms with Gasteiger partial charge in [0.05, 0.1) is 6.04 Å². The Kier molecular flexibility index (Phi) is 4.33. The van der Waals surface area contributed by atoms with Crippen LogP contribution in [0.5, 0.6) is 0 Å². The van der Waals surface area contributed by atoms with Crippen LogP contribution in [0.3, 0.4) is 0 Å². The molecule has 2 unspecified atom stereocenters. The van der Waals surface area contributed by atoms with Crippen LogP contribution in [0.25, 0.3) is 0 Å². The number of nitrogens with one attached hydrogen (secondary N) is 1. The summed E-state index contributed by atoms with van der Waals surface area (Å²) in [6, 6.07) is -0.228. The fourth-order valence-electron chi connectivity index (χ4n) is 2.04. The number of nitrogens with zero attached hydrogens (tertiary/aromatic N) is 1. The zero-order valence-electron chi connectivity index (χ0n) is 10.8. The van der Waals surface area contributed by atoms with E-state index in [1.165, 1.54) is 0 Å². The lowest BCUT2D eigenvalue weighted by Gasteiger charge is -2.37. The molecule has 1 saturated heterocycles. The van der Waals surface area contributed by atoms with E-state index in [-0.39, 0.29) is 24.1 Å². The van der Waals surface area contributed by atoms with Crippen LogP contribution < -0.4 is 5.32 Å². The van der Waals surface area contributed by atoms with E-state index in [9.17, 15) is 4.79 Å². The summed E-state index contributed by atoms with van der Waals surface area (Å²) in [5, 5.41) is 12.2. The fraction of sp³-hybridized carbons (Fsp3) is 0.917. The van der Waals surface area contributed by atoms with Gasteiger partial charge in [0.25, 0.3) is 0 Å². The maximum atomic E-state index is 12.3. The van der Waals surface area contributed by atoms with Crippen LogP contribution in [0.1, 0.15) is 34.1 Å². The molecule has 0 bridgehead atoms. The first kappa shape index (κ1) is 13.5. The first-order valence-electron chi connectivity index (χ1n) is 6.02. The summed E-state index contributed by atoms with van der Waals surface area (Å²) in [6.07, 6.45) is 0.498. The van der Waals surface area contributed by atoms with Crippen molar-refractivity contribution in [1.82, 2.24) is 10.2 Å². The van der Waals surface area contributed by atoms with Crippen LogP contribution in [0, 0.1) is 5.92 Å². The molecule has 1 aliphatic heterocycles. The second-order valence-corrected chi connectivity index (χ2v) is 5.70. The second kappa shape index (κ2) is 5.15. The highest BCUT2D eigenvalue weighted by Crippen LogP contribution is 2.20. The van der Waals surface area contributed by atoms with E-state index in [1.807, 2.05) is 4.90 Å². The summed E-state index contributed by atoms with van der Waals surface area (Å²) in [6.45, 7) is 9.98. The molecule has 1 rings (SSSR count). The van der Waals surface area contributed by atoms with Crippen LogP contribution in [0.15, 0.2) is 0 Å². The summed E-state index contributed by atoms with van der Waals surface area (Å²) in [4.78, 5) is 14.2. The van der Waals surface area contributed by atoms with Crippen LogP contribution in [-0.2, 0) is 4.79 Å². The molecule has 1 amide bonds. The second-order valence-electron chi connectivity index (χ2n) is 5.70. The maximum Gasteiger partial charge on any atom is 0.240 e. The van der Waals surface area contributed by atoms with Crippen molar-refractivity contribution in [1.29, 1.82) is 0 Å². The Labute approximate surface area is 98.0 Å². The van der Waals surface area contributed by atoms with E-state index in [4.69, 9.17) is 5.11 Å².